The highest BCUT2D eigenvalue weighted by Crippen LogP contribution is 2.27. The van der Waals surface area contributed by atoms with Gasteiger partial charge in [0.15, 0.2) is 0 Å². The van der Waals surface area contributed by atoms with E-state index >= 15 is 0 Å². The first-order valence-corrected chi connectivity index (χ1v) is 8.03. The topological polar surface area (TPSA) is 83.7 Å². The molecule has 4 rings (SSSR count). The fourth-order valence-corrected chi connectivity index (χ4v) is 3.19. The first-order valence-electron chi connectivity index (χ1n) is 8.03. The summed E-state index contributed by atoms with van der Waals surface area (Å²) in [6.07, 6.45) is 3.84. The number of H-pyrrole nitrogens is 1. The number of piperidine rings is 1. The number of nitrogens with zero attached hydrogens (tertiary/aromatic N) is 4. The Morgan fingerprint density at radius 3 is 2.61 bits per heavy atom. The third kappa shape index (κ3) is 2.83. The minimum Gasteiger partial charge on any atom is -0.328 e. The summed E-state index contributed by atoms with van der Waals surface area (Å²) in [6.45, 7) is 2.88. The fraction of sp³-hybridized carbons (Fsp3) is 0.353. The predicted octanol–water partition coefficient (Wildman–Crippen LogP) is 1.94. The SMILES string of the molecule is NC1CCN(Cc2nnc(-c3ccn[nH]3)c3ccccc23)CC1. The van der Waals surface area contributed by atoms with Crippen LogP contribution < -0.4 is 5.73 Å². The normalized spacial score (nSPS) is 16.9. The smallest absolute Gasteiger partial charge is 0.119 e. The lowest BCUT2D eigenvalue weighted by Crippen LogP contribution is -2.39. The number of aromatic nitrogens is 4. The molecule has 1 aliphatic heterocycles. The van der Waals surface area contributed by atoms with Crippen LogP contribution in [0.3, 0.4) is 0 Å². The first kappa shape index (κ1) is 14.3. The van der Waals surface area contributed by atoms with Gasteiger partial charge in [0.2, 0.25) is 0 Å². The zero-order chi connectivity index (χ0) is 15.6. The van der Waals surface area contributed by atoms with Crippen molar-refractivity contribution in [1.29, 1.82) is 0 Å². The molecular formula is C17H20N6. The van der Waals surface area contributed by atoms with E-state index in [1.165, 1.54) is 0 Å². The summed E-state index contributed by atoms with van der Waals surface area (Å²) in [6, 6.07) is 10.6. The number of nitrogens with one attached hydrogen (secondary N) is 1. The Bertz CT molecular complexity index is 790. The van der Waals surface area contributed by atoms with Crippen molar-refractivity contribution in [3.05, 3.63) is 42.2 Å². The van der Waals surface area contributed by atoms with Crippen LogP contribution in [0.15, 0.2) is 36.5 Å². The largest absolute Gasteiger partial charge is 0.328 e. The number of benzene rings is 1. The summed E-state index contributed by atoms with van der Waals surface area (Å²) in [4.78, 5) is 2.41. The summed E-state index contributed by atoms with van der Waals surface area (Å²) in [5, 5.41) is 18.2. The molecule has 3 aromatic rings. The molecule has 0 atom stereocenters. The van der Waals surface area contributed by atoms with E-state index in [-0.39, 0.29) is 0 Å². The van der Waals surface area contributed by atoms with Gasteiger partial charge < -0.3 is 5.73 Å². The Kier molecular flexibility index (Phi) is 3.77. The van der Waals surface area contributed by atoms with Gasteiger partial charge in [-0.2, -0.15) is 10.2 Å². The van der Waals surface area contributed by atoms with Crippen LogP contribution in [0.2, 0.25) is 0 Å². The Morgan fingerprint density at radius 1 is 1.09 bits per heavy atom. The predicted molar refractivity (Wildman–Crippen MR) is 89.6 cm³/mol. The molecule has 1 saturated heterocycles. The second-order valence-electron chi connectivity index (χ2n) is 6.12. The van der Waals surface area contributed by atoms with Crippen LogP contribution in [0.5, 0.6) is 0 Å². The van der Waals surface area contributed by atoms with Crippen molar-refractivity contribution >= 4 is 10.8 Å². The zero-order valence-electron chi connectivity index (χ0n) is 12.9. The molecule has 0 amide bonds. The molecule has 0 aliphatic carbocycles. The minimum absolute atomic E-state index is 0.344. The molecule has 6 nitrogen and oxygen atoms in total. The van der Waals surface area contributed by atoms with Crippen LogP contribution >= 0.6 is 0 Å². The van der Waals surface area contributed by atoms with Crippen molar-refractivity contribution < 1.29 is 0 Å². The third-order valence-electron chi connectivity index (χ3n) is 4.53. The summed E-state index contributed by atoms with van der Waals surface area (Å²) in [5.41, 5.74) is 8.76. The Balaban J connectivity index is 1.70. The number of likely N-dealkylation sites (tertiary alicyclic amines) is 1. The molecule has 1 aliphatic rings. The van der Waals surface area contributed by atoms with Gasteiger partial charge in [-0.25, -0.2) is 0 Å². The number of hydrogen-bond donors (Lipinski definition) is 2. The lowest BCUT2D eigenvalue weighted by atomic mass is 10.0. The molecule has 0 bridgehead atoms. The molecule has 1 aromatic carbocycles. The van der Waals surface area contributed by atoms with Gasteiger partial charge in [0.05, 0.1) is 11.4 Å². The number of hydrogen-bond acceptors (Lipinski definition) is 5. The maximum absolute atomic E-state index is 5.99. The molecule has 3 heterocycles. The second kappa shape index (κ2) is 6.06. The van der Waals surface area contributed by atoms with Gasteiger partial charge in [-0.1, -0.05) is 24.3 Å². The average molecular weight is 308 g/mol. The zero-order valence-corrected chi connectivity index (χ0v) is 12.9. The Labute approximate surface area is 134 Å². The molecule has 23 heavy (non-hydrogen) atoms. The van der Waals surface area contributed by atoms with Gasteiger partial charge in [-0.15, -0.1) is 5.10 Å². The average Bonchev–Trinajstić information content (AvgIpc) is 3.11. The van der Waals surface area contributed by atoms with E-state index in [1.54, 1.807) is 6.20 Å². The molecule has 0 spiro atoms. The molecular weight excluding hydrogens is 288 g/mol. The van der Waals surface area contributed by atoms with E-state index in [4.69, 9.17) is 5.73 Å². The molecule has 118 valence electrons. The van der Waals surface area contributed by atoms with Crippen LogP contribution in [-0.4, -0.2) is 44.4 Å². The standard InChI is InChI=1S/C17H20N6/c18-12-6-9-23(10-7-12)11-16-13-3-1-2-4-14(13)17(22-21-16)15-5-8-19-20-15/h1-5,8,12H,6-7,9-11,18H2,(H,19,20). The van der Waals surface area contributed by atoms with Gasteiger partial charge in [0.1, 0.15) is 5.69 Å². The minimum atomic E-state index is 0.344. The molecule has 3 N–H and O–H groups in total. The molecule has 6 heteroatoms. The molecule has 2 aromatic heterocycles. The lowest BCUT2D eigenvalue weighted by molar-refractivity contribution is 0.204. The van der Waals surface area contributed by atoms with Crippen molar-refractivity contribution in [3.8, 4) is 11.4 Å². The molecule has 0 saturated carbocycles. The van der Waals surface area contributed by atoms with Crippen LogP contribution in [0.25, 0.3) is 22.2 Å². The van der Waals surface area contributed by atoms with E-state index in [1.807, 2.05) is 12.1 Å². The number of fused-ring (bicyclic) bond motifs is 1. The highest BCUT2D eigenvalue weighted by Gasteiger charge is 2.18. The van der Waals surface area contributed by atoms with Gasteiger partial charge in [-0.05, 0) is 18.9 Å². The number of aromatic amines is 1. The van der Waals surface area contributed by atoms with E-state index in [0.29, 0.717) is 6.04 Å². The van der Waals surface area contributed by atoms with Crippen molar-refractivity contribution in [2.24, 2.45) is 5.73 Å². The van der Waals surface area contributed by atoms with Crippen LogP contribution in [0, 0.1) is 0 Å². The summed E-state index contributed by atoms with van der Waals surface area (Å²) in [7, 11) is 0. The quantitative estimate of drug-likeness (QED) is 0.772. The fourth-order valence-electron chi connectivity index (χ4n) is 3.19. The van der Waals surface area contributed by atoms with Crippen molar-refractivity contribution in [3.63, 3.8) is 0 Å². The summed E-state index contributed by atoms with van der Waals surface area (Å²) < 4.78 is 0. The Hall–Kier alpha value is -2.31. The summed E-state index contributed by atoms with van der Waals surface area (Å²) >= 11 is 0. The second-order valence-corrected chi connectivity index (χ2v) is 6.12. The lowest BCUT2D eigenvalue weighted by Gasteiger charge is -2.29. The van der Waals surface area contributed by atoms with Crippen LogP contribution in [0.4, 0.5) is 0 Å². The van der Waals surface area contributed by atoms with Gasteiger partial charge >= 0.3 is 0 Å². The van der Waals surface area contributed by atoms with E-state index in [9.17, 15) is 0 Å². The highest BCUT2D eigenvalue weighted by atomic mass is 15.2. The van der Waals surface area contributed by atoms with Gasteiger partial charge in [0, 0.05) is 42.6 Å². The maximum atomic E-state index is 5.99. The highest BCUT2D eigenvalue weighted by molar-refractivity contribution is 5.94. The number of rotatable bonds is 3. The third-order valence-corrected chi connectivity index (χ3v) is 4.53. The van der Waals surface area contributed by atoms with E-state index in [2.05, 4.69) is 43.5 Å². The van der Waals surface area contributed by atoms with Crippen molar-refractivity contribution in [1.82, 2.24) is 25.3 Å². The Morgan fingerprint density at radius 2 is 1.87 bits per heavy atom. The van der Waals surface area contributed by atoms with E-state index in [0.717, 1.165) is 60.3 Å². The van der Waals surface area contributed by atoms with Crippen LogP contribution in [-0.2, 0) is 6.54 Å². The van der Waals surface area contributed by atoms with Gasteiger partial charge in [-0.3, -0.25) is 10.00 Å². The van der Waals surface area contributed by atoms with Gasteiger partial charge in [0.25, 0.3) is 0 Å². The van der Waals surface area contributed by atoms with Crippen molar-refractivity contribution in [2.45, 2.75) is 25.4 Å². The number of nitrogens with two attached hydrogens (primary N) is 1. The monoisotopic (exact) mass is 308 g/mol. The van der Waals surface area contributed by atoms with E-state index < -0.39 is 0 Å². The summed E-state index contributed by atoms with van der Waals surface area (Å²) in [5.74, 6) is 0. The molecule has 1 fully saturated rings. The van der Waals surface area contributed by atoms with Crippen molar-refractivity contribution in [2.75, 3.05) is 13.1 Å². The first-order chi connectivity index (χ1) is 11.3. The van der Waals surface area contributed by atoms with Crippen LogP contribution in [0.1, 0.15) is 18.5 Å². The molecule has 0 radical (unpaired) electrons. The molecule has 0 unspecified atom stereocenters. The maximum Gasteiger partial charge on any atom is 0.119 e.